The summed E-state index contributed by atoms with van der Waals surface area (Å²) in [5.41, 5.74) is 1.82. The fourth-order valence-corrected chi connectivity index (χ4v) is 3.00. The van der Waals surface area contributed by atoms with Crippen LogP contribution in [0.5, 0.6) is 5.75 Å². The Morgan fingerprint density at radius 3 is 1.75 bits per heavy atom. The lowest BCUT2D eigenvalue weighted by molar-refractivity contribution is 0.296. The topological polar surface area (TPSA) is 40.5 Å². The normalized spacial score (nSPS) is 12.8. The number of hydrogen-bond acceptors (Lipinski definition) is 3. The summed E-state index contributed by atoms with van der Waals surface area (Å²) in [6.45, 7) is 13.0. The molecular weight excluding hydrogens is 268 g/mol. The van der Waals surface area contributed by atoms with Crippen LogP contribution >= 0.6 is 11.8 Å². The number of thioether (sulfide) groups is 1. The van der Waals surface area contributed by atoms with Gasteiger partial charge in [-0.15, -0.1) is 11.8 Å². The second-order valence-corrected chi connectivity index (χ2v) is 8.46. The molecule has 0 saturated heterocycles. The lowest BCUT2D eigenvalue weighted by Gasteiger charge is -2.28. The standard InChI is InChI=1S/C17H28O2S/c1-16(2,3)13-10-12(20-9-7-8-18)11-14(15(13)19)17(4,5)6/h10-11,18-19H,7-9H2,1-6H3. The van der Waals surface area contributed by atoms with Crippen molar-refractivity contribution in [2.75, 3.05) is 12.4 Å². The molecule has 0 fully saturated rings. The first-order valence-electron chi connectivity index (χ1n) is 7.19. The zero-order chi connectivity index (χ0) is 15.6. The summed E-state index contributed by atoms with van der Waals surface area (Å²) >= 11 is 1.74. The Bertz CT molecular complexity index is 418. The van der Waals surface area contributed by atoms with Crippen LogP contribution in [0.3, 0.4) is 0 Å². The number of phenolic OH excluding ortho intramolecular Hbond substituents is 1. The fraction of sp³-hybridized carbons (Fsp3) is 0.647. The molecule has 2 N–H and O–H groups in total. The Kier molecular flexibility index (Phi) is 5.56. The second kappa shape index (κ2) is 6.40. The molecule has 2 nitrogen and oxygen atoms in total. The van der Waals surface area contributed by atoms with Crippen molar-refractivity contribution in [3.8, 4) is 5.75 Å². The van der Waals surface area contributed by atoms with Gasteiger partial charge in [-0.25, -0.2) is 0 Å². The SMILES string of the molecule is CC(C)(C)c1cc(SCCCO)cc(C(C)(C)C)c1O. The van der Waals surface area contributed by atoms with Crippen molar-refractivity contribution in [1.82, 2.24) is 0 Å². The van der Waals surface area contributed by atoms with Gasteiger partial charge in [-0.1, -0.05) is 41.5 Å². The number of aliphatic hydroxyl groups excluding tert-OH is 1. The van der Waals surface area contributed by atoms with E-state index in [4.69, 9.17) is 5.11 Å². The Hall–Kier alpha value is -0.670. The maximum absolute atomic E-state index is 10.6. The van der Waals surface area contributed by atoms with E-state index in [0.717, 1.165) is 23.3 Å². The second-order valence-electron chi connectivity index (χ2n) is 7.29. The molecule has 0 spiro atoms. The lowest BCUT2D eigenvalue weighted by atomic mass is 9.79. The van der Waals surface area contributed by atoms with Gasteiger partial charge in [0.15, 0.2) is 0 Å². The van der Waals surface area contributed by atoms with Gasteiger partial charge in [-0.3, -0.25) is 0 Å². The quantitative estimate of drug-likeness (QED) is 0.636. The summed E-state index contributed by atoms with van der Waals surface area (Å²) < 4.78 is 0. The van der Waals surface area contributed by atoms with Crippen molar-refractivity contribution in [2.45, 2.75) is 63.7 Å². The molecule has 1 aromatic carbocycles. The molecule has 114 valence electrons. The monoisotopic (exact) mass is 296 g/mol. The zero-order valence-electron chi connectivity index (χ0n) is 13.6. The van der Waals surface area contributed by atoms with E-state index in [9.17, 15) is 5.11 Å². The summed E-state index contributed by atoms with van der Waals surface area (Å²) in [5, 5.41) is 19.5. The van der Waals surface area contributed by atoms with Crippen molar-refractivity contribution in [2.24, 2.45) is 0 Å². The lowest BCUT2D eigenvalue weighted by Crippen LogP contribution is -2.17. The van der Waals surface area contributed by atoms with Gasteiger partial charge in [-0.2, -0.15) is 0 Å². The summed E-state index contributed by atoms with van der Waals surface area (Å²) in [6.07, 6.45) is 0.793. The number of aliphatic hydroxyl groups is 1. The molecule has 0 bridgehead atoms. The van der Waals surface area contributed by atoms with Crippen molar-refractivity contribution in [3.63, 3.8) is 0 Å². The number of aromatic hydroxyl groups is 1. The molecule has 20 heavy (non-hydrogen) atoms. The average Bonchev–Trinajstić information content (AvgIpc) is 2.28. The van der Waals surface area contributed by atoms with E-state index >= 15 is 0 Å². The average molecular weight is 296 g/mol. The third-order valence-electron chi connectivity index (χ3n) is 3.27. The molecule has 0 aliphatic rings. The molecule has 0 aliphatic carbocycles. The Morgan fingerprint density at radius 2 is 1.40 bits per heavy atom. The Balaban J connectivity index is 3.28. The molecule has 0 heterocycles. The van der Waals surface area contributed by atoms with Gasteiger partial charge in [0.1, 0.15) is 5.75 Å². The first-order chi connectivity index (χ1) is 9.07. The minimum Gasteiger partial charge on any atom is -0.507 e. The summed E-state index contributed by atoms with van der Waals surface area (Å²) in [4.78, 5) is 1.17. The number of benzene rings is 1. The van der Waals surface area contributed by atoms with E-state index in [0.29, 0.717) is 5.75 Å². The van der Waals surface area contributed by atoms with Crippen molar-refractivity contribution in [3.05, 3.63) is 23.3 Å². The van der Waals surface area contributed by atoms with E-state index < -0.39 is 0 Å². The fourth-order valence-electron chi connectivity index (χ4n) is 2.09. The molecule has 1 aromatic rings. The van der Waals surface area contributed by atoms with E-state index in [1.807, 2.05) is 0 Å². The van der Waals surface area contributed by atoms with Gasteiger partial charge in [0.05, 0.1) is 0 Å². The van der Waals surface area contributed by atoms with Crippen LogP contribution in [0.4, 0.5) is 0 Å². The highest BCUT2D eigenvalue weighted by Gasteiger charge is 2.26. The van der Waals surface area contributed by atoms with Gasteiger partial charge >= 0.3 is 0 Å². The Morgan fingerprint density at radius 1 is 0.950 bits per heavy atom. The summed E-state index contributed by atoms with van der Waals surface area (Å²) in [5.74, 6) is 1.32. The molecule has 0 aromatic heterocycles. The van der Waals surface area contributed by atoms with Crippen LogP contribution in [0, 0.1) is 0 Å². The van der Waals surface area contributed by atoms with Crippen molar-refractivity contribution in [1.29, 1.82) is 0 Å². The zero-order valence-corrected chi connectivity index (χ0v) is 14.4. The van der Waals surface area contributed by atoms with E-state index in [1.165, 1.54) is 4.90 Å². The van der Waals surface area contributed by atoms with E-state index in [2.05, 4.69) is 53.7 Å². The van der Waals surface area contributed by atoms with Gasteiger partial charge in [0.25, 0.3) is 0 Å². The van der Waals surface area contributed by atoms with Crippen molar-refractivity contribution >= 4 is 11.8 Å². The molecule has 0 atom stereocenters. The van der Waals surface area contributed by atoms with Gasteiger partial charge in [-0.05, 0) is 29.4 Å². The van der Waals surface area contributed by atoms with Gasteiger partial charge in [0.2, 0.25) is 0 Å². The van der Waals surface area contributed by atoms with Crippen LogP contribution in [0.25, 0.3) is 0 Å². The molecule has 0 saturated carbocycles. The predicted molar refractivity (Wildman–Crippen MR) is 87.9 cm³/mol. The summed E-state index contributed by atoms with van der Waals surface area (Å²) in [6, 6.07) is 4.18. The highest BCUT2D eigenvalue weighted by atomic mass is 32.2. The molecule has 0 radical (unpaired) electrons. The Labute approximate surface area is 127 Å². The highest BCUT2D eigenvalue weighted by Crippen LogP contribution is 2.41. The maximum atomic E-state index is 10.6. The van der Waals surface area contributed by atoms with Crippen LogP contribution in [0.1, 0.15) is 59.1 Å². The minimum atomic E-state index is -0.0857. The number of phenols is 1. The van der Waals surface area contributed by atoms with E-state index in [-0.39, 0.29) is 17.4 Å². The first kappa shape index (κ1) is 17.4. The molecular formula is C17H28O2S. The molecule has 0 aliphatic heterocycles. The number of rotatable bonds is 4. The third-order valence-corrected chi connectivity index (χ3v) is 4.33. The maximum Gasteiger partial charge on any atom is 0.123 e. The number of hydrogen-bond donors (Lipinski definition) is 2. The van der Waals surface area contributed by atoms with Gasteiger partial charge < -0.3 is 10.2 Å². The largest absolute Gasteiger partial charge is 0.507 e. The van der Waals surface area contributed by atoms with E-state index in [1.54, 1.807) is 11.8 Å². The minimum absolute atomic E-state index is 0.0857. The predicted octanol–water partition coefficient (Wildman–Crippen LogP) is 4.46. The first-order valence-corrected chi connectivity index (χ1v) is 8.17. The van der Waals surface area contributed by atoms with Gasteiger partial charge in [0, 0.05) is 28.4 Å². The van der Waals surface area contributed by atoms with Crippen LogP contribution in [0.2, 0.25) is 0 Å². The summed E-state index contributed by atoms with van der Waals surface area (Å²) in [7, 11) is 0. The molecule has 3 heteroatoms. The third kappa shape index (κ3) is 4.42. The van der Waals surface area contributed by atoms with Crippen molar-refractivity contribution < 1.29 is 10.2 Å². The van der Waals surface area contributed by atoms with Crippen LogP contribution in [-0.4, -0.2) is 22.6 Å². The molecule has 0 amide bonds. The smallest absolute Gasteiger partial charge is 0.123 e. The molecule has 1 rings (SSSR count). The molecule has 0 unspecified atom stereocenters. The van der Waals surface area contributed by atoms with Crippen LogP contribution in [-0.2, 0) is 10.8 Å². The highest BCUT2D eigenvalue weighted by molar-refractivity contribution is 7.99. The van der Waals surface area contributed by atoms with Crippen LogP contribution < -0.4 is 0 Å². The van der Waals surface area contributed by atoms with Crippen LogP contribution in [0.15, 0.2) is 17.0 Å².